The highest BCUT2D eigenvalue weighted by Gasteiger charge is 2.35. The minimum atomic E-state index is -0.676. The van der Waals surface area contributed by atoms with E-state index in [0.29, 0.717) is 46.4 Å². The van der Waals surface area contributed by atoms with Crippen molar-refractivity contribution in [2.45, 2.75) is 32.7 Å². The van der Waals surface area contributed by atoms with Crippen LogP contribution < -0.4 is 16.0 Å². The van der Waals surface area contributed by atoms with E-state index in [9.17, 15) is 14.4 Å². The second kappa shape index (κ2) is 8.57. The van der Waals surface area contributed by atoms with Gasteiger partial charge in [-0.25, -0.2) is 0 Å². The minimum absolute atomic E-state index is 0.0431. The molecule has 1 saturated heterocycles. The zero-order chi connectivity index (χ0) is 24.0. The Balaban J connectivity index is 1.44. The molecule has 34 heavy (non-hydrogen) atoms. The predicted molar refractivity (Wildman–Crippen MR) is 128 cm³/mol. The van der Waals surface area contributed by atoms with Crippen LogP contribution in [0, 0.1) is 5.92 Å². The van der Waals surface area contributed by atoms with Gasteiger partial charge in [0, 0.05) is 35.8 Å². The van der Waals surface area contributed by atoms with E-state index in [1.54, 1.807) is 41.3 Å². The fourth-order valence-electron chi connectivity index (χ4n) is 4.25. The van der Waals surface area contributed by atoms with Gasteiger partial charge in [-0.15, -0.1) is 0 Å². The van der Waals surface area contributed by atoms with Gasteiger partial charge in [0.25, 0.3) is 0 Å². The third-order valence-corrected chi connectivity index (χ3v) is 6.05. The molecule has 0 aliphatic carbocycles. The van der Waals surface area contributed by atoms with Gasteiger partial charge in [0.2, 0.25) is 17.6 Å². The first-order valence-electron chi connectivity index (χ1n) is 11.0. The number of carbonyl (C=O) groups excluding carboxylic acids is 1. The number of nitrogens with one attached hydrogen (secondary N) is 1. The predicted octanol–water partition coefficient (Wildman–Crippen LogP) is 3.57. The fourth-order valence-corrected chi connectivity index (χ4v) is 4.43. The summed E-state index contributed by atoms with van der Waals surface area (Å²) in [6.07, 6.45) is 0.251. The normalized spacial score (nSPS) is 16.2. The van der Waals surface area contributed by atoms with Crippen LogP contribution in [0.2, 0.25) is 5.02 Å². The van der Waals surface area contributed by atoms with E-state index in [0.717, 1.165) is 5.69 Å². The summed E-state index contributed by atoms with van der Waals surface area (Å²) in [5.41, 5.74) is 1.24. The summed E-state index contributed by atoms with van der Waals surface area (Å²) in [4.78, 5) is 45.9. The van der Waals surface area contributed by atoms with E-state index in [1.807, 2.05) is 19.9 Å². The molecule has 4 aromatic rings. The van der Waals surface area contributed by atoms with Gasteiger partial charge < -0.3 is 19.0 Å². The molecule has 2 aromatic carbocycles. The fraction of sp³-hybridized carbons (Fsp3) is 0.292. The van der Waals surface area contributed by atoms with Crippen molar-refractivity contribution in [3.63, 3.8) is 0 Å². The van der Waals surface area contributed by atoms with Crippen molar-refractivity contribution < 1.29 is 9.32 Å². The highest BCUT2D eigenvalue weighted by molar-refractivity contribution is 6.30. The Hall–Kier alpha value is -3.72. The van der Waals surface area contributed by atoms with Crippen molar-refractivity contribution in [3.8, 4) is 11.4 Å². The summed E-state index contributed by atoms with van der Waals surface area (Å²) >= 11 is 6.07. The summed E-state index contributed by atoms with van der Waals surface area (Å²) in [5, 5.41) is 4.65. The number of hydrogen-bond donors (Lipinski definition) is 1. The maximum Gasteiger partial charge on any atom is 0.316 e. The zero-order valence-corrected chi connectivity index (χ0v) is 19.4. The Morgan fingerprint density at radius 3 is 2.76 bits per heavy atom. The Bertz CT molecular complexity index is 1520. The number of aromatic nitrogens is 4. The molecule has 1 fully saturated rings. The van der Waals surface area contributed by atoms with E-state index in [-0.39, 0.29) is 24.2 Å². The molecule has 1 aliphatic rings. The van der Waals surface area contributed by atoms with Gasteiger partial charge in [-0.05, 0) is 42.3 Å². The van der Waals surface area contributed by atoms with Gasteiger partial charge in [0.15, 0.2) is 0 Å². The standard InChI is InChI=1S/C24H22ClN5O4/c1-13(2)11-30-19-7-6-14(8-18(19)26-22(32)24(30)33)21-27-23(34-28-21)15-9-20(31)29(12-15)17-5-3-4-16(25)10-17/h3-8,10,13,15H,9,11-12H2,1-2H3,(H,26,32)/t15-/m1/s1. The number of H-pyrrole nitrogens is 1. The van der Waals surface area contributed by atoms with Crippen LogP contribution >= 0.6 is 11.6 Å². The highest BCUT2D eigenvalue weighted by Crippen LogP contribution is 2.33. The smallest absolute Gasteiger partial charge is 0.316 e. The summed E-state index contributed by atoms with van der Waals surface area (Å²) in [6.45, 7) is 4.81. The second-order valence-electron chi connectivity index (χ2n) is 8.84. The Kier molecular flexibility index (Phi) is 5.57. The van der Waals surface area contributed by atoms with Crippen molar-refractivity contribution in [1.29, 1.82) is 0 Å². The monoisotopic (exact) mass is 479 g/mol. The van der Waals surface area contributed by atoms with Crippen LogP contribution in [0.25, 0.3) is 22.4 Å². The van der Waals surface area contributed by atoms with Gasteiger partial charge in [0.05, 0.1) is 17.0 Å². The molecule has 1 aliphatic heterocycles. The molecular formula is C24H22ClN5O4. The lowest BCUT2D eigenvalue weighted by Crippen LogP contribution is -2.37. The number of benzene rings is 2. The lowest BCUT2D eigenvalue weighted by atomic mass is 10.1. The summed E-state index contributed by atoms with van der Waals surface area (Å²) in [5.74, 6) is 0.615. The lowest BCUT2D eigenvalue weighted by Gasteiger charge is -2.16. The number of amides is 1. The van der Waals surface area contributed by atoms with E-state index in [2.05, 4.69) is 15.1 Å². The first-order valence-corrected chi connectivity index (χ1v) is 11.3. The van der Waals surface area contributed by atoms with Crippen molar-refractivity contribution in [3.05, 3.63) is 74.1 Å². The summed E-state index contributed by atoms with van der Waals surface area (Å²) in [6, 6.07) is 12.4. The zero-order valence-electron chi connectivity index (χ0n) is 18.6. The Labute approximate surface area is 199 Å². The quantitative estimate of drug-likeness (QED) is 0.438. The van der Waals surface area contributed by atoms with E-state index < -0.39 is 11.1 Å². The largest absolute Gasteiger partial charge is 0.339 e. The number of carbonyl (C=O) groups is 1. The number of aromatic amines is 1. The summed E-state index contributed by atoms with van der Waals surface area (Å²) in [7, 11) is 0. The topological polar surface area (TPSA) is 114 Å². The van der Waals surface area contributed by atoms with Crippen molar-refractivity contribution in [2.75, 3.05) is 11.4 Å². The van der Waals surface area contributed by atoms with Gasteiger partial charge >= 0.3 is 11.1 Å². The molecule has 5 rings (SSSR count). The third-order valence-electron chi connectivity index (χ3n) is 5.82. The van der Waals surface area contributed by atoms with E-state index in [4.69, 9.17) is 16.1 Å². The van der Waals surface area contributed by atoms with Crippen molar-refractivity contribution in [2.24, 2.45) is 5.92 Å². The number of rotatable bonds is 5. The van der Waals surface area contributed by atoms with Gasteiger partial charge in [0.1, 0.15) is 0 Å². The molecule has 0 radical (unpaired) electrons. The van der Waals surface area contributed by atoms with E-state index >= 15 is 0 Å². The molecule has 174 valence electrons. The molecule has 1 amide bonds. The van der Waals surface area contributed by atoms with Crippen LogP contribution in [0.3, 0.4) is 0 Å². The first kappa shape index (κ1) is 22.1. The van der Waals surface area contributed by atoms with Gasteiger partial charge in [-0.1, -0.05) is 36.7 Å². The van der Waals surface area contributed by atoms with Crippen LogP contribution in [0.1, 0.15) is 32.1 Å². The average Bonchev–Trinajstić information content (AvgIpc) is 3.43. The molecule has 0 unspecified atom stereocenters. The van der Waals surface area contributed by atoms with Crippen molar-refractivity contribution in [1.82, 2.24) is 19.7 Å². The van der Waals surface area contributed by atoms with Gasteiger partial charge in [-0.3, -0.25) is 14.4 Å². The molecule has 3 heterocycles. The van der Waals surface area contributed by atoms with E-state index in [1.165, 1.54) is 4.57 Å². The number of anilines is 1. The molecule has 10 heteroatoms. The summed E-state index contributed by atoms with van der Waals surface area (Å²) < 4.78 is 6.98. The molecule has 0 bridgehead atoms. The molecule has 1 N–H and O–H groups in total. The van der Waals surface area contributed by atoms with Crippen LogP contribution in [-0.4, -0.2) is 32.1 Å². The first-order chi connectivity index (χ1) is 16.3. The lowest BCUT2D eigenvalue weighted by molar-refractivity contribution is -0.117. The van der Waals surface area contributed by atoms with Gasteiger partial charge in [-0.2, -0.15) is 4.98 Å². The maximum atomic E-state index is 12.6. The number of halogens is 1. The third kappa shape index (κ3) is 4.03. The average molecular weight is 480 g/mol. The molecule has 1 atom stereocenters. The second-order valence-corrected chi connectivity index (χ2v) is 9.27. The van der Waals surface area contributed by atoms with Crippen LogP contribution in [0.15, 0.2) is 56.6 Å². The number of fused-ring (bicyclic) bond motifs is 1. The molecule has 9 nitrogen and oxygen atoms in total. The maximum absolute atomic E-state index is 12.6. The molecule has 0 saturated carbocycles. The van der Waals surface area contributed by atoms with Crippen molar-refractivity contribution >= 4 is 34.2 Å². The molecule has 0 spiro atoms. The Morgan fingerprint density at radius 1 is 1.18 bits per heavy atom. The van der Waals surface area contributed by atoms with Crippen LogP contribution in [-0.2, 0) is 11.3 Å². The Morgan fingerprint density at radius 2 is 2.00 bits per heavy atom. The van der Waals surface area contributed by atoms with Crippen LogP contribution in [0.4, 0.5) is 5.69 Å². The highest BCUT2D eigenvalue weighted by atomic mass is 35.5. The molecular weight excluding hydrogens is 458 g/mol. The van der Waals surface area contributed by atoms with Crippen LogP contribution in [0.5, 0.6) is 0 Å². The minimum Gasteiger partial charge on any atom is -0.339 e. The number of hydrogen-bond acceptors (Lipinski definition) is 6. The SMILES string of the molecule is CC(C)Cn1c(=O)c(=O)[nH]c2cc(-c3noc([C@@H]4CC(=O)N(c5cccc(Cl)c5)C4)n3)ccc21. The molecule has 2 aromatic heterocycles. The number of nitrogens with zero attached hydrogens (tertiary/aromatic N) is 4.